The Hall–Kier alpha value is -0.850. The van der Waals surface area contributed by atoms with Crippen LogP contribution in [0.1, 0.15) is 0 Å². The summed E-state index contributed by atoms with van der Waals surface area (Å²) < 4.78 is 14.3. The Morgan fingerprint density at radius 2 is 1.64 bits per heavy atom. The Labute approximate surface area is 65.1 Å². The minimum atomic E-state index is -1.45. The normalized spacial score (nSPS) is 11.2. The van der Waals surface area contributed by atoms with E-state index in [0.29, 0.717) is 0 Å². The quantitative estimate of drug-likeness (QED) is 0.281. The van der Waals surface area contributed by atoms with Crippen molar-refractivity contribution in [3.8, 4) is 0 Å². The van der Waals surface area contributed by atoms with Gasteiger partial charge >= 0.3 is 6.10 Å². The molecule has 0 aliphatic rings. The molecule has 0 aromatic heterocycles. The van der Waals surface area contributed by atoms with Crippen LogP contribution in [0.2, 0.25) is 0 Å². The number of ether oxygens (including phenoxy) is 3. The molecule has 0 saturated heterocycles. The second-order valence-corrected chi connectivity index (χ2v) is 1.71. The Bertz CT molecular complexity index is 127. The summed E-state index contributed by atoms with van der Waals surface area (Å²) in [5, 5.41) is 9.22. The lowest BCUT2D eigenvalue weighted by Crippen LogP contribution is -2.55. The van der Waals surface area contributed by atoms with Crippen LogP contribution < -0.4 is 11.1 Å². The fourth-order valence-electron chi connectivity index (χ4n) is 0.568. The number of hydrogen-bond acceptors (Lipinski definition) is 4. The highest BCUT2D eigenvalue weighted by Crippen LogP contribution is 2.05. The topological polar surface area (TPSA) is 89.6 Å². The first-order valence-electron chi connectivity index (χ1n) is 2.88. The molecule has 0 saturated carbocycles. The van der Waals surface area contributed by atoms with Crippen LogP contribution in [-0.2, 0) is 14.2 Å². The fourth-order valence-corrected chi connectivity index (χ4v) is 0.568. The van der Waals surface area contributed by atoms with E-state index in [2.05, 4.69) is 5.32 Å². The summed E-state index contributed by atoms with van der Waals surface area (Å²) in [6.07, 6.45) is -1.45. The molecule has 0 aliphatic heterocycles. The largest absolute Gasteiger partial charge is 0.376 e. The third-order valence-corrected chi connectivity index (χ3v) is 1.09. The molecule has 0 fully saturated rings. The van der Waals surface area contributed by atoms with Crippen LogP contribution in [0.3, 0.4) is 0 Å². The number of nitrogens with two attached hydrogens (primary N) is 1. The van der Waals surface area contributed by atoms with Crippen molar-refractivity contribution in [2.45, 2.75) is 6.10 Å². The second-order valence-electron chi connectivity index (χ2n) is 1.71. The molecule has 0 bridgehead atoms. The smallest absolute Gasteiger partial charge is 0.370 e. The van der Waals surface area contributed by atoms with E-state index < -0.39 is 6.10 Å². The van der Waals surface area contributed by atoms with E-state index in [1.165, 1.54) is 21.3 Å². The molecule has 0 unspecified atom stereocenters. The monoisotopic (exact) mass is 163 g/mol. The van der Waals surface area contributed by atoms with Gasteiger partial charge in [0.2, 0.25) is 0 Å². The Kier molecular flexibility index (Phi) is 3.80. The lowest BCUT2D eigenvalue weighted by molar-refractivity contribution is -0.361. The number of guanidine groups is 1. The van der Waals surface area contributed by atoms with Crippen molar-refractivity contribution in [3.63, 3.8) is 0 Å². The molecule has 0 radical (unpaired) electrons. The average molecular weight is 163 g/mol. The van der Waals surface area contributed by atoms with Crippen LogP contribution in [0.15, 0.2) is 0 Å². The Morgan fingerprint density at radius 3 is 1.73 bits per heavy atom. The molecule has 6 nitrogen and oxygen atoms in total. The predicted molar refractivity (Wildman–Crippen MR) is 38.8 cm³/mol. The van der Waals surface area contributed by atoms with Crippen LogP contribution in [0.25, 0.3) is 0 Å². The zero-order valence-electron chi connectivity index (χ0n) is 6.80. The molecule has 0 aromatic carbocycles. The van der Waals surface area contributed by atoms with E-state index in [9.17, 15) is 0 Å². The van der Waals surface area contributed by atoms with Gasteiger partial charge in [-0.25, -0.2) is 0 Å². The van der Waals surface area contributed by atoms with Gasteiger partial charge in [-0.2, -0.15) is 0 Å². The highest BCUT2D eigenvalue weighted by Gasteiger charge is 2.29. The van der Waals surface area contributed by atoms with Gasteiger partial charge in [-0.05, 0) is 0 Å². The molecule has 0 rings (SSSR count). The van der Waals surface area contributed by atoms with E-state index in [1.54, 1.807) is 0 Å². The molecular formula is C5H13N3O3. The first kappa shape index (κ1) is 10.2. The van der Waals surface area contributed by atoms with Crippen molar-refractivity contribution >= 4 is 5.96 Å². The molecule has 4 N–H and O–H groups in total. The molecule has 0 atom stereocenters. The van der Waals surface area contributed by atoms with E-state index in [4.69, 9.17) is 25.4 Å². The minimum absolute atomic E-state index is 0.296. The summed E-state index contributed by atoms with van der Waals surface area (Å²) in [7, 11) is 4.09. The minimum Gasteiger partial charge on any atom is -0.370 e. The average Bonchev–Trinajstić information content (AvgIpc) is 2.00. The van der Waals surface area contributed by atoms with Crippen LogP contribution in [-0.4, -0.2) is 33.4 Å². The summed E-state index contributed by atoms with van der Waals surface area (Å²) in [6.45, 7) is 0. The molecule has 0 spiro atoms. The van der Waals surface area contributed by atoms with Crippen LogP contribution in [0, 0.1) is 5.41 Å². The van der Waals surface area contributed by atoms with Crippen molar-refractivity contribution in [1.29, 1.82) is 5.41 Å². The predicted octanol–water partition coefficient (Wildman–Crippen LogP) is -0.980. The molecule has 0 heterocycles. The van der Waals surface area contributed by atoms with Gasteiger partial charge in [0.1, 0.15) is 0 Å². The maximum Gasteiger partial charge on any atom is 0.376 e. The number of rotatable bonds is 4. The Morgan fingerprint density at radius 1 is 1.27 bits per heavy atom. The highest BCUT2D eigenvalue weighted by atomic mass is 16.9. The van der Waals surface area contributed by atoms with Crippen molar-refractivity contribution < 1.29 is 14.2 Å². The number of hydrogen-bond donors (Lipinski definition) is 3. The molecular weight excluding hydrogens is 150 g/mol. The molecule has 0 amide bonds. The standard InChI is InChI=1S/C5H13N3O3/c1-9-5(10-2,11-3)8-4(6)7/h1-3H3,(H4,6,7,8). The van der Waals surface area contributed by atoms with Crippen LogP contribution in [0.4, 0.5) is 0 Å². The molecule has 11 heavy (non-hydrogen) atoms. The molecule has 0 aromatic rings. The van der Waals surface area contributed by atoms with Crippen molar-refractivity contribution in [1.82, 2.24) is 5.32 Å². The summed E-state index contributed by atoms with van der Waals surface area (Å²) >= 11 is 0. The molecule has 66 valence electrons. The maximum atomic E-state index is 6.89. The van der Waals surface area contributed by atoms with Gasteiger partial charge in [0.15, 0.2) is 5.96 Å². The zero-order valence-corrected chi connectivity index (χ0v) is 6.80. The van der Waals surface area contributed by atoms with Gasteiger partial charge in [-0.15, -0.1) is 0 Å². The van der Waals surface area contributed by atoms with E-state index >= 15 is 0 Å². The lowest BCUT2D eigenvalue weighted by Gasteiger charge is -2.28. The fraction of sp³-hybridized carbons (Fsp3) is 0.800. The summed E-state index contributed by atoms with van der Waals surface area (Å²) in [6, 6.07) is 0. The van der Waals surface area contributed by atoms with Gasteiger partial charge < -0.3 is 19.9 Å². The highest BCUT2D eigenvalue weighted by molar-refractivity contribution is 5.74. The third kappa shape index (κ3) is 2.71. The lowest BCUT2D eigenvalue weighted by atomic mass is 10.8. The summed E-state index contributed by atoms with van der Waals surface area (Å²) in [5.41, 5.74) is 5.04. The van der Waals surface area contributed by atoms with Crippen LogP contribution >= 0.6 is 0 Å². The van der Waals surface area contributed by atoms with Gasteiger partial charge in [-0.3, -0.25) is 10.7 Å². The van der Waals surface area contributed by atoms with Gasteiger partial charge in [0.25, 0.3) is 0 Å². The van der Waals surface area contributed by atoms with E-state index in [0.717, 1.165) is 0 Å². The molecule has 6 heteroatoms. The SMILES string of the molecule is COC(NC(=N)N)(OC)OC. The van der Waals surface area contributed by atoms with E-state index in [-0.39, 0.29) is 5.96 Å². The summed E-state index contributed by atoms with van der Waals surface area (Å²) in [4.78, 5) is 0. The summed E-state index contributed by atoms with van der Waals surface area (Å²) in [5.74, 6) is -0.296. The van der Waals surface area contributed by atoms with Gasteiger partial charge in [-0.1, -0.05) is 0 Å². The molecule has 0 aliphatic carbocycles. The third-order valence-electron chi connectivity index (χ3n) is 1.09. The van der Waals surface area contributed by atoms with E-state index in [1.807, 2.05) is 0 Å². The maximum absolute atomic E-state index is 6.89. The second kappa shape index (κ2) is 4.12. The first-order valence-corrected chi connectivity index (χ1v) is 2.88. The number of methoxy groups -OCH3 is 3. The van der Waals surface area contributed by atoms with Crippen LogP contribution in [0.5, 0.6) is 0 Å². The Balaban J connectivity index is 4.16. The van der Waals surface area contributed by atoms with Crippen molar-refractivity contribution in [2.75, 3.05) is 21.3 Å². The number of nitrogens with one attached hydrogen (secondary N) is 2. The van der Waals surface area contributed by atoms with Crippen molar-refractivity contribution in [3.05, 3.63) is 0 Å². The van der Waals surface area contributed by atoms with Crippen molar-refractivity contribution in [2.24, 2.45) is 5.73 Å². The first-order chi connectivity index (χ1) is 5.10. The van der Waals surface area contributed by atoms with Gasteiger partial charge in [0.05, 0.1) is 0 Å². The van der Waals surface area contributed by atoms with Gasteiger partial charge in [0, 0.05) is 21.3 Å². The zero-order chi connectivity index (χ0) is 8.91.